The summed E-state index contributed by atoms with van der Waals surface area (Å²) in [7, 11) is 1.64. The van der Waals surface area contributed by atoms with Gasteiger partial charge >= 0.3 is 0 Å². The fraction of sp³-hybridized carbons (Fsp3) is 0.520. The summed E-state index contributed by atoms with van der Waals surface area (Å²) in [4.78, 5) is 18.6. The van der Waals surface area contributed by atoms with Gasteiger partial charge in [-0.25, -0.2) is 14.9 Å². The molecule has 0 radical (unpaired) electrons. The highest BCUT2D eigenvalue weighted by atomic mass is 17.1. The second-order valence-corrected chi connectivity index (χ2v) is 10.2. The number of ether oxygens (including phenoxy) is 1. The van der Waals surface area contributed by atoms with Gasteiger partial charge < -0.3 is 14.6 Å². The Hall–Kier alpha value is -3.06. The Balaban J connectivity index is 1.48. The van der Waals surface area contributed by atoms with Crippen molar-refractivity contribution in [1.29, 1.82) is 5.26 Å². The molecule has 2 N–H and O–H groups in total. The molecule has 1 aromatic carbocycles. The molecular weight excluding hydrogens is 432 g/mol. The topological polar surface area (TPSA) is 118 Å². The summed E-state index contributed by atoms with van der Waals surface area (Å²) >= 11 is 0. The lowest BCUT2D eigenvalue weighted by Crippen LogP contribution is -2.48. The Bertz CT molecular complexity index is 1190. The van der Waals surface area contributed by atoms with Gasteiger partial charge in [0.1, 0.15) is 17.0 Å². The van der Waals surface area contributed by atoms with E-state index < -0.39 is 11.2 Å². The minimum Gasteiger partial charge on any atom is -0.372 e. The molecule has 2 atom stereocenters. The zero-order valence-corrected chi connectivity index (χ0v) is 20.2. The fourth-order valence-corrected chi connectivity index (χ4v) is 4.94. The summed E-state index contributed by atoms with van der Waals surface area (Å²) in [6.45, 7) is 7.20. The first-order valence-corrected chi connectivity index (χ1v) is 11.5. The van der Waals surface area contributed by atoms with Gasteiger partial charge in [-0.2, -0.15) is 5.26 Å². The summed E-state index contributed by atoms with van der Waals surface area (Å²) in [5, 5.41) is 22.5. The van der Waals surface area contributed by atoms with E-state index in [9.17, 15) is 10.5 Å². The van der Waals surface area contributed by atoms with Crippen LogP contribution in [0.25, 0.3) is 11.0 Å². The molecule has 0 spiro atoms. The zero-order chi connectivity index (χ0) is 24.4. The minimum atomic E-state index is -0.743. The molecule has 2 aromatic heterocycles. The van der Waals surface area contributed by atoms with Crippen LogP contribution in [0.3, 0.4) is 0 Å². The third kappa shape index (κ3) is 4.89. The largest absolute Gasteiger partial charge is 0.372 e. The van der Waals surface area contributed by atoms with Crippen LogP contribution in [0.2, 0.25) is 0 Å². The Morgan fingerprint density at radius 3 is 2.74 bits per heavy atom. The lowest BCUT2D eigenvalue weighted by Gasteiger charge is -2.44. The quantitative estimate of drug-likeness (QED) is 0.369. The Labute approximate surface area is 199 Å². The van der Waals surface area contributed by atoms with Gasteiger partial charge in [0, 0.05) is 20.2 Å². The highest BCUT2D eigenvalue weighted by Gasteiger charge is 2.44. The third-order valence-corrected chi connectivity index (χ3v) is 7.03. The van der Waals surface area contributed by atoms with E-state index in [0.717, 1.165) is 36.0 Å². The van der Waals surface area contributed by atoms with Crippen LogP contribution in [0, 0.1) is 16.7 Å². The standard InChI is InChI=1S/C25H32N6O3/c1-23(2,33-4)21-12-28-22(13-27-21)29-15-25(34-32)9-5-8-24(3,14-25)16-31-17-30-19-7-6-18(11-26)10-20(19)31/h6-7,10,12-13,17,32H,5,8-9,14-16H2,1-4H3,(H,28,29)/t24-,25+/m0/s1. The monoisotopic (exact) mass is 464 g/mol. The first-order valence-electron chi connectivity index (χ1n) is 11.5. The SMILES string of the molecule is COC(C)(C)c1cnc(NC[C@@]2(OO)CCC[C@](C)(Cn3cnc4ccc(C#N)cc43)C2)cn1. The number of anilines is 1. The summed E-state index contributed by atoms with van der Waals surface area (Å²) in [6, 6.07) is 7.73. The number of nitrogens with zero attached hydrogens (tertiary/aromatic N) is 5. The fourth-order valence-electron chi connectivity index (χ4n) is 4.94. The molecule has 0 unspecified atom stereocenters. The van der Waals surface area contributed by atoms with E-state index in [4.69, 9.17) is 9.62 Å². The van der Waals surface area contributed by atoms with Crippen molar-refractivity contribution in [2.45, 2.75) is 64.2 Å². The molecule has 3 aromatic rings. The van der Waals surface area contributed by atoms with Crippen LogP contribution in [0.15, 0.2) is 36.9 Å². The summed E-state index contributed by atoms with van der Waals surface area (Å²) < 4.78 is 7.56. The lowest BCUT2D eigenvalue weighted by atomic mass is 9.68. The van der Waals surface area contributed by atoms with Crippen LogP contribution in [-0.2, 0) is 21.8 Å². The number of fused-ring (bicyclic) bond motifs is 1. The van der Waals surface area contributed by atoms with E-state index in [2.05, 4.69) is 37.8 Å². The van der Waals surface area contributed by atoms with Gasteiger partial charge in [-0.15, -0.1) is 0 Å². The van der Waals surface area contributed by atoms with Gasteiger partial charge in [-0.1, -0.05) is 6.92 Å². The van der Waals surface area contributed by atoms with Crippen molar-refractivity contribution in [2.24, 2.45) is 5.41 Å². The number of aromatic nitrogens is 4. The molecule has 0 saturated heterocycles. The highest BCUT2D eigenvalue weighted by Crippen LogP contribution is 2.44. The average Bonchev–Trinajstić information content (AvgIpc) is 3.24. The number of hydrogen-bond donors (Lipinski definition) is 2. The molecule has 1 saturated carbocycles. The van der Waals surface area contributed by atoms with Crippen molar-refractivity contribution < 1.29 is 14.9 Å². The van der Waals surface area contributed by atoms with Crippen molar-refractivity contribution >= 4 is 16.9 Å². The predicted octanol–water partition coefficient (Wildman–Crippen LogP) is 4.50. The Morgan fingerprint density at radius 2 is 2.06 bits per heavy atom. The Morgan fingerprint density at radius 1 is 1.24 bits per heavy atom. The number of nitrogens with one attached hydrogen (secondary N) is 1. The van der Waals surface area contributed by atoms with Crippen LogP contribution in [0.1, 0.15) is 57.7 Å². The number of methoxy groups -OCH3 is 1. The van der Waals surface area contributed by atoms with Crippen LogP contribution in [-0.4, -0.2) is 44.0 Å². The van der Waals surface area contributed by atoms with E-state index in [0.29, 0.717) is 30.9 Å². The molecule has 180 valence electrons. The molecule has 2 heterocycles. The predicted molar refractivity (Wildman–Crippen MR) is 128 cm³/mol. The van der Waals surface area contributed by atoms with E-state index in [-0.39, 0.29) is 5.41 Å². The van der Waals surface area contributed by atoms with Crippen molar-refractivity contribution in [3.05, 3.63) is 48.2 Å². The van der Waals surface area contributed by atoms with Gasteiger partial charge in [-0.05, 0) is 63.1 Å². The van der Waals surface area contributed by atoms with Gasteiger partial charge in [0.25, 0.3) is 0 Å². The summed E-state index contributed by atoms with van der Waals surface area (Å²) in [5.74, 6) is 0.615. The maximum atomic E-state index is 9.95. The normalized spacial score (nSPS) is 23.1. The molecule has 0 amide bonds. The molecule has 0 bridgehead atoms. The molecular formula is C25H32N6O3. The third-order valence-electron chi connectivity index (χ3n) is 7.03. The van der Waals surface area contributed by atoms with Crippen molar-refractivity contribution in [2.75, 3.05) is 19.0 Å². The number of hydrogen-bond acceptors (Lipinski definition) is 8. The zero-order valence-electron chi connectivity index (χ0n) is 20.2. The van der Waals surface area contributed by atoms with Crippen molar-refractivity contribution in [3.8, 4) is 6.07 Å². The molecule has 9 heteroatoms. The van der Waals surface area contributed by atoms with Gasteiger partial charge in [0.15, 0.2) is 0 Å². The van der Waals surface area contributed by atoms with Crippen molar-refractivity contribution in [1.82, 2.24) is 19.5 Å². The number of benzene rings is 1. The van der Waals surface area contributed by atoms with Gasteiger partial charge in [0.05, 0.1) is 47.1 Å². The van der Waals surface area contributed by atoms with E-state index in [1.165, 1.54) is 0 Å². The number of imidazole rings is 1. The van der Waals surface area contributed by atoms with Crippen LogP contribution >= 0.6 is 0 Å². The van der Waals surface area contributed by atoms with E-state index >= 15 is 0 Å². The first-order chi connectivity index (χ1) is 16.2. The molecule has 1 aliphatic carbocycles. The summed E-state index contributed by atoms with van der Waals surface area (Å²) in [6.07, 6.45) is 8.50. The molecule has 34 heavy (non-hydrogen) atoms. The first kappa shape index (κ1) is 24.1. The number of nitriles is 1. The molecule has 4 rings (SSSR count). The van der Waals surface area contributed by atoms with Crippen LogP contribution < -0.4 is 5.32 Å². The van der Waals surface area contributed by atoms with Crippen LogP contribution in [0.4, 0.5) is 5.82 Å². The van der Waals surface area contributed by atoms with E-state index in [1.54, 1.807) is 25.6 Å². The maximum Gasteiger partial charge on any atom is 0.144 e. The summed E-state index contributed by atoms with van der Waals surface area (Å²) in [5.41, 5.74) is 1.77. The maximum absolute atomic E-state index is 9.95. The second kappa shape index (κ2) is 9.29. The van der Waals surface area contributed by atoms with Gasteiger partial charge in [-0.3, -0.25) is 10.2 Å². The van der Waals surface area contributed by atoms with Gasteiger partial charge in [0.2, 0.25) is 0 Å². The van der Waals surface area contributed by atoms with Crippen LogP contribution in [0.5, 0.6) is 0 Å². The van der Waals surface area contributed by atoms with E-state index in [1.807, 2.05) is 32.3 Å². The Kier molecular flexibility index (Phi) is 6.58. The minimum absolute atomic E-state index is 0.128. The van der Waals surface area contributed by atoms with Crippen molar-refractivity contribution in [3.63, 3.8) is 0 Å². The number of rotatable bonds is 8. The molecule has 9 nitrogen and oxygen atoms in total. The second-order valence-electron chi connectivity index (χ2n) is 10.2. The molecule has 1 aliphatic rings. The smallest absolute Gasteiger partial charge is 0.144 e. The lowest BCUT2D eigenvalue weighted by molar-refractivity contribution is -0.333. The highest BCUT2D eigenvalue weighted by molar-refractivity contribution is 5.77. The molecule has 1 fully saturated rings. The molecule has 0 aliphatic heterocycles. The average molecular weight is 465 g/mol.